The maximum atomic E-state index is 12.7. The van der Waals surface area contributed by atoms with Crippen LogP contribution in [-0.4, -0.2) is 47.5 Å². The van der Waals surface area contributed by atoms with Crippen molar-refractivity contribution in [1.29, 1.82) is 0 Å². The number of rotatable bonds is 5. The Labute approximate surface area is 178 Å². The van der Waals surface area contributed by atoms with E-state index in [1.54, 1.807) is 13.0 Å². The van der Waals surface area contributed by atoms with Crippen LogP contribution in [0.25, 0.3) is 16.6 Å². The lowest BCUT2D eigenvalue weighted by Gasteiger charge is -2.27. The second-order valence-corrected chi connectivity index (χ2v) is 8.56. The quantitative estimate of drug-likeness (QED) is 0.614. The number of piperidine rings is 1. The Kier molecular flexibility index (Phi) is 5.56. The number of hydrogen-bond donors (Lipinski definition) is 1. The number of aromatic nitrogens is 1. The molecule has 5 nitrogen and oxygen atoms in total. The van der Waals surface area contributed by atoms with Crippen LogP contribution in [-0.2, 0) is 6.54 Å². The molecule has 0 aliphatic carbocycles. The van der Waals surface area contributed by atoms with Crippen LogP contribution < -0.4 is 4.90 Å². The van der Waals surface area contributed by atoms with Gasteiger partial charge in [-0.15, -0.1) is 0 Å². The predicted octanol–water partition coefficient (Wildman–Crippen LogP) is 4.90. The molecule has 0 spiro atoms. The van der Waals surface area contributed by atoms with Crippen molar-refractivity contribution in [3.05, 3.63) is 53.2 Å². The van der Waals surface area contributed by atoms with E-state index >= 15 is 0 Å². The summed E-state index contributed by atoms with van der Waals surface area (Å²) in [6.45, 7) is 6.37. The Morgan fingerprint density at radius 3 is 2.30 bits per heavy atom. The Hall–Kier alpha value is -2.79. The van der Waals surface area contributed by atoms with Crippen LogP contribution in [0.15, 0.2) is 36.4 Å². The molecule has 0 amide bonds. The molecule has 1 fully saturated rings. The van der Waals surface area contributed by atoms with Crippen molar-refractivity contribution in [3.8, 4) is 11.4 Å². The fraction of sp³-hybridized carbons (Fsp3) is 0.400. The molecule has 1 aliphatic heterocycles. The zero-order valence-electron chi connectivity index (χ0n) is 18.4. The van der Waals surface area contributed by atoms with Gasteiger partial charge in [-0.05, 0) is 76.2 Å². The van der Waals surface area contributed by atoms with Gasteiger partial charge in [0.05, 0.1) is 5.52 Å². The molecule has 30 heavy (non-hydrogen) atoms. The van der Waals surface area contributed by atoms with Gasteiger partial charge in [0.15, 0.2) is 5.78 Å². The van der Waals surface area contributed by atoms with Crippen molar-refractivity contribution in [1.82, 2.24) is 9.47 Å². The molecular formula is C25H31N3O2. The maximum Gasteiger partial charge on any atom is 0.162 e. The first-order valence-corrected chi connectivity index (χ1v) is 10.8. The molecule has 3 aromatic rings. The first-order chi connectivity index (χ1) is 14.4. The van der Waals surface area contributed by atoms with Gasteiger partial charge in [-0.25, -0.2) is 0 Å². The first-order valence-electron chi connectivity index (χ1n) is 10.8. The number of nitrogens with zero attached hydrogens (tertiary/aromatic N) is 3. The second kappa shape index (κ2) is 8.15. The highest BCUT2D eigenvalue weighted by atomic mass is 16.3. The average Bonchev–Trinajstić information content (AvgIpc) is 3.03. The highest BCUT2D eigenvalue weighted by Gasteiger charge is 2.24. The van der Waals surface area contributed by atoms with E-state index in [4.69, 9.17) is 0 Å². The molecule has 2 heterocycles. The van der Waals surface area contributed by atoms with Gasteiger partial charge >= 0.3 is 0 Å². The van der Waals surface area contributed by atoms with Gasteiger partial charge in [0.25, 0.3) is 0 Å². The molecule has 158 valence electrons. The summed E-state index contributed by atoms with van der Waals surface area (Å²) in [5.74, 6) is 0.308. The lowest BCUT2D eigenvalue weighted by atomic mass is 10.00. The van der Waals surface area contributed by atoms with Gasteiger partial charge in [-0.1, -0.05) is 6.42 Å². The van der Waals surface area contributed by atoms with Gasteiger partial charge in [0.1, 0.15) is 5.75 Å². The largest absolute Gasteiger partial charge is 0.508 e. The van der Waals surface area contributed by atoms with E-state index in [2.05, 4.69) is 38.6 Å². The predicted molar refractivity (Wildman–Crippen MR) is 123 cm³/mol. The highest BCUT2D eigenvalue weighted by Crippen LogP contribution is 2.37. The molecule has 1 aliphatic rings. The van der Waals surface area contributed by atoms with Crippen LogP contribution in [0.3, 0.4) is 0 Å². The number of carbonyl (C=O) groups excluding carboxylic acids is 1. The standard InChI is InChI=1S/C25H31N3O2/c1-17-24(18(2)29)25-21(16-27-14-6-5-7-15-27)23(30)13-12-22(25)28(17)20-10-8-19(9-11-20)26(3)4/h8-13,30H,5-7,14-16H2,1-4H3. The van der Waals surface area contributed by atoms with Crippen LogP contribution in [0, 0.1) is 6.92 Å². The van der Waals surface area contributed by atoms with E-state index in [1.807, 2.05) is 27.1 Å². The third-order valence-electron chi connectivity index (χ3n) is 6.26. The summed E-state index contributed by atoms with van der Waals surface area (Å²) in [7, 11) is 4.05. The highest BCUT2D eigenvalue weighted by molar-refractivity contribution is 6.10. The van der Waals surface area contributed by atoms with Crippen molar-refractivity contribution in [2.45, 2.75) is 39.7 Å². The van der Waals surface area contributed by atoms with Crippen LogP contribution in [0.5, 0.6) is 5.75 Å². The number of phenolic OH excluding ortho intramolecular Hbond substituents is 1. The SMILES string of the molecule is CC(=O)c1c(C)n(-c2ccc(N(C)C)cc2)c2ccc(O)c(CN3CCCCC3)c12. The third-order valence-corrected chi connectivity index (χ3v) is 6.26. The van der Waals surface area contributed by atoms with Gasteiger partial charge < -0.3 is 14.6 Å². The lowest BCUT2D eigenvalue weighted by Crippen LogP contribution is -2.29. The summed E-state index contributed by atoms with van der Waals surface area (Å²) in [4.78, 5) is 17.2. The van der Waals surface area contributed by atoms with Crippen LogP contribution in [0.2, 0.25) is 0 Å². The van der Waals surface area contributed by atoms with Gasteiger partial charge in [0, 0.05) is 54.2 Å². The average molecular weight is 406 g/mol. The molecule has 0 bridgehead atoms. The Bertz CT molecular complexity index is 1070. The van der Waals surface area contributed by atoms with Crippen molar-refractivity contribution in [3.63, 3.8) is 0 Å². The van der Waals surface area contributed by atoms with Crippen molar-refractivity contribution < 1.29 is 9.90 Å². The van der Waals surface area contributed by atoms with Gasteiger partial charge in [0.2, 0.25) is 0 Å². The number of Topliss-reactive ketones (excluding diaryl/α,β-unsaturated/α-hetero) is 1. The van der Waals surface area contributed by atoms with Crippen molar-refractivity contribution in [2.75, 3.05) is 32.1 Å². The number of ketones is 1. The number of likely N-dealkylation sites (tertiary alicyclic amines) is 1. The number of carbonyl (C=O) groups is 1. The fourth-order valence-electron chi connectivity index (χ4n) is 4.73. The Morgan fingerprint density at radius 1 is 1.03 bits per heavy atom. The molecular weight excluding hydrogens is 374 g/mol. The topological polar surface area (TPSA) is 48.7 Å². The normalized spacial score (nSPS) is 14.9. The zero-order valence-corrected chi connectivity index (χ0v) is 18.4. The molecule has 4 rings (SSSR count). The Morgan fingerprint density at radius 2 is 1.70 bits per heavy atom. The summed E-state index contributed by atoms with van der Waals surface area (Å²) in [6.07, 6.45) is 3.65. The zero-order chi connectivity index (χ0) is 21.4. The van der Waals surface area contributed by atoms with Gasteiger partial charge in [-0.2, -0.15) is 0 Å². The number of benzene rings is 2. The van der Waals surface area contributed by atoms with E-state index < -0.39 is 0 Å². The molecule has 0 radical (unpaired) electrons. The number of anilines is 1. The monoisotopic (exact) mass is 405 g/mol. The second-order valence-electron chi connectivity index (χ2n) is 8.56. The third kappa shape index (κ3) is 3.58. The van der Waals surface area contributed by atoms with E-state index in [0.29, 0.717) is 12.1 Å². The summed E-state index contributed by atoms with van der Waals surface area (Å²) < 4.78 is 2.14. The van der Waals surface area contributed by atoms with Crippen molar-refractivity contribution in [2.24, 2.45) is 0 Å². The molecule has 0 unspecified atom stereocenters. The van der Waals surface area contributed by atoms with Crippen LogP contribution in [0.1, 0.15) is 47.8 Å². The van der Waals surface area contributed by atoms with Crippen molar-refractivity contribution >= 4 is 22.4 Å². The van der Waals surface area contributed by atoms with Crippen LogP contribution >= 0.6 is 0 Å². The smallest absolute Gasteiger partial charge is 0.162 e. The number of phenols is 1. The molecule has 0 saturated carbocycles. The minimum Gasteiger partial charge on any atom is -0.508 e. The van der Waals surface area contributed by atoms with E-state index in [9.17, 15) is 9.90 Å². The van der Waals surface area contributed by atoms with E-state index in [-0.39, 0.29) is 11.5 Å². The molecule has 2 aromatic carbocycles. The number of fused-ring (bicyclic) bond motifs is 1. The lowest BCUT2D eigenvalue weighted by molar-refractivity contribution is 0.101. The molecule has 1 aromatic heterocycles. The van der Waals surface area contributed by atoms with Crippen LogP contribution in [0.4, 0.5) is 5.69 Å². The molecule has 1 saturated heterocycles. The summed E-state index contributed by atoms with van der Waals surface area (Å²) in [5, 5.41) is 11.7. The van der Waals surface area contributed by atoms with E-state index in [1.165, 1.54) is 19.3 Å². The number of aromatic hydroxyl groups is 1. The summed E-state index contributed by atoms with van der Waals surface area (Å²) in [6, 6.07) is 12.1. The maximum absolute atomic E-state index is 12.7. The summed E-state index contributed by atoms with van der Waals surface area (Å²) in [5.41, 5.74) is 5.62. The fourth-order valence-corrected chi connectivity index (χ4v) is 4.73. The van der Waals surface area contributed by atoms with Gasteiger partial charge in [-0.3, -0.25) is 9.69 Å². The molecule has 5 heteroatoms. The minimum absolute atomic E-state index is 0.0339. The molecule has 0 atom stereocenters. The minimum atomic E-state index is 0.0339. The summed E-state index contributed by atoms with van der Waals surface area (Å²) >= 11 is 0. The molecule has 1 N–H and O–H groups in total. The number of hydrogen-bond acceptors (Lipinski definition) is 4. The Balaban J connectivity index is 1.91. The first kappa shape index (κ1) is 20.5. The van der Waals surface area contributed by atoms with E-state index in [0.717, 1.165) is 46.6 Å².